The van der Waals surface area contributed by atoms with Gasteiger partial charge in [0, 0.05) is 5.41 Å². The van der Waals surface area contributed by atoms with Gasteiger partial charge in [-0.05, 0) is 90.9 Å². The number of allylic oxidation sites excluding steroid dienone is 1. The van der Waals surface area contributed by atoms with Crippen LogP contribution in [0.2, 0.25) is 0 Å². The van der Waals surface area contributed by atoms with Gasteiger partial charge in [0.25, 0.3) is 0 Å². The standard InChI is InChI=1S/C44H74O18/c1-11-42(8,62-40-34(53)31(50)28(47)22(6)57-40)15-16-43(9)19(3)17-25(44(10)18(2)13-12-14-24(43)44)59-41-37(61-39-33(52)30(49)27(46)21(5)56-39)35(54)36(23(7)58-41)60-38-32(51)29(48)26(45)20(4)55-38/h11,13,19-41,45-54H,1,12,14-17H2,2-10H3. The first kappa shape index (κ1) is 50.2. The minimum atomic E-state index is -1.73. The number of aliphatic hydroxyl groups excluding tert-OH is 10. The molecule has 2 aliphatic carbocycles. The molecule has 0 radical (unpaired) electrons. The smallest absolute Gasteiger partial charge is 0.187 e. The van der Waals surface area contributed by atoms with Gasteiger partial charge in [-0.25, -0.2) is 0 Å². The zero-order chi connectivity index (χ0) is 46.0. The second kappa shape index (κ2) is 19.2. The maximum Gasteiger partial charge on any atom is 0.187 e. The van der Waals surface area contributed by atoms with Gasteiger partial charge >= 0.3 is 0 Å². The largest absolute Gasteiger partial charge is 0.388 e. The van der Waals surface area contributed by atoms with Gasteiger partial charge in [0.2, 0.25) is 0 Å². The Hall–Kier alpha value is -1.24. The maximum atomic E-state index is 12.1. The van der Waals surface area contributed by atoms with E-state index in [4.69, 9.17) is 37.9 Å². The van der Waals surface area contributed by atoms with Crippen molar-refractivity contribution in [2.45, 2.75) is 229 Å². The Morgan fingerprint density at radius 1 is 0.645 bits per heavy atom. The SMILES string of the molecule is C=CC(C)(CCC1(C)C(C)CC(OC2OC(C)C(OC3OC(C)C(O)C(O)C3O)C(O)C2OC2OC(C)C(O)C(O)C2O)C2(C)C(C)=CCCC12)OC1OC(C)C(O)C(O)C1O. The van der Waals surface area contributed by atoms with Gasteiger partial charge in [-0.15, -0.1) is 6.58 Å². The molecule has 18 heteroatoms. The zero-order valence-corrected chi connectivity index (χ0v) is 37.4. The molecule has 0 bridgehead atoms. The summed E-state index contributed by atoms with van der Waals surface area (Å²) < 4.78 is 49.5. The summed E-state index contributed by atoms with van der Waals surface area (Å²) in [6.07, 6.45) is -20.3. The average molecular weight is 891 g/mol. The summed E-state index contributed by atoms with van der Waals surface area (Å²) in [6, 6.07) is 0. The van der Waals surface area contributed by atoms with Crippen molar-refractivity contribution in [1.29, 1.82) is 0 Å². The van der Waals surface area contributed by atoms with Crippen molar-refractivity contribution in [3.63, 3.8) is 0 Å². The summed E-state index contributed by atoms with van der Waals surface area (Å²) in [6.45, 7) is 20.8. The number of ether oxygens (including phenoxy) is 8. The Kier molecular flexibility index (Phi) is 15.5. The molecule has 26 unspecified atom stereocenters. The van der Waals surface area contributed by atoms with Gasteiger partial charge in [-0.2, -0.15) is 0 Å². The second-order valence-corrected chi connectivity index (χ2v) is 19.6. The van der Waals surface area contributed by atoms with Gasteiger partial charge in [0.15, 0.2) is 25.2 Å². The van der Waals surface area contributed by atoms with Crippen LogP contribution >= 0.6 is 0 Å². The third-order valence-corrected chi connectivity index (χ3v) is 15.7. The van der Waals surface area contributed by atoms with E-state index in [1.54, 1.807) is 19.9 Å². The molecule has 4 saturated heterocycles. The van der Waals surface area contributed by atoms with Crippen LogP contribution in [0.5, 0.6) is 0 Å². The van der Waals surface area contributed by atoms with E-state index in [1.807, 2.05) is 6.92 Å². The Labute approximate surface area is 364 Å². The number of aliphatic hydroxyl groups is 10. The molecule has 26 atom stereocenters. The number of rotatable bonds is 12. The van der Waals surface area contributed by atoms with Crippen LogP contribution in [0.1, 0.15) is 94.4 Å². The fourth-order valence-electron chi connectivity index (χ4n) is 10.8. The highest BCUT2D eigenvalue weighted by atomic mass is 16.8. The zero-order valence-electron chi connectivity index (χ0n) is 37.4. The summed E-state index contributed by atoms with van der Waals surface area (Å²) in [5, 5.41) is 107. The predicted molar refractivity (Wildman–Crippen MR) is 217 cm³/mol. The predicted octanol–water partition coefficient (Wildman–Crippen LogP) is -0.120. The van der Waals surface area contributed by atoms with E-state index in [9.17, 15) is 51.1 Å². The highest BCUT2D eigenvalue weighted by molar-refractivity contribution is 5.24. The first-order chi connectivity index (χ1) is 28.9. The lowest BCUT2D eigenvalue weighted by Gasteiger charge is -2.62. The molecule has 0 aromatic heterocycles. The Morgan fingerprint density at radius 3 is 1.63 bits per heavy atom. The molecular formula is C44H74O18. The van der Waals surface area contributed by atoms with Gasteiger partial charge < -0.3 is 89.0 Å². The molecule has 6 rings (SSSR count). The van der Waals surface area contributed by atoms with Crippen LogP contribution in [0, 0.1) is 22.7 Å². The second-order valence-electron chi connectivity index (χ2n) is 19.6. The van der Waals surface area contributed by atoms with Crippen molar-refractivity contribution in [1.82, 2.24) is 0 Å². The molecule has 10 N–H and O–H groups in total. The molecule has 0 spiro atoms. The minimum absolute atomic E-state index is 0.0372. The lowest BCUT2D eigenvalue weighted by Crippen LogP contribution is -2.66. The maximum absolute atomic E-state index is 12.1. The van der Waals surface area contributed by atoms with E-state index in [-0.39, 0.29) is 17.3 Å². The fourth-order valence-corrected chi connectivity index (χ4v) is 10.8. The average Bonchev–Trinajstić information content (AvgIpc) is 3.23. The fraction of sp³-hybridized carbons (Fsp3) is 0.909. The molecule has 62 heavy (non-hydrogen) atoms. The summed E-state index contributed by atoms with van der Waals surface area (Å²) in [5.41, 5.74) is -0.753. The first-order valence-corrected chi connectivity index (χ1v) is 22.3. The normalized spacial score (nSPS) is 53.6. The molecule has 18 nitrogen and oxygen atoms in total. The summed E-state index contributed by atoms with van der Waals surface area (Å²) in [5.74, 6) is 0.0857. The molecule has 0 amide bonds. The van der Waals surface area contributed by atoms with Crippen LogP contribution in [-0.2, 0) is 37.9 Å². The van der Waals surface area contributed by atoms with E-state index >= 15 is 0 Å². The van der Waals surface area contributed by atoms with E-state index < -0.39 is 140 Å². The molecular weight excluding hydrogens is 816 g/mol. The van der Waals surface area contributed by atoms with Crippen molar-refractivity contribution in [3.05, 3.63) is 24.3 Å². The van der Waals surface area contributed by atoms with Crippen molar-refractivity contribution in [2.75, 3.05) is 0 Å². The summed E-state index contributed by atoms with van der Waals surface area (Å²) in [4.78, 5) is 0. The highest BCUT2D eigenvalue weighted by Crippen LogP contribution is 2.63. The molecule has 358 valence electrons. The Morgan fingerprint density at radius 2 is 1.11 bits per heavy atom. The lowest BCUT2D eigenvalue weighted by molar-refractivity contribution is -0.390. The number of hydrogen-bond donors (Lipinski definition) is 10. The third kappa shape index (κ3) is 9.23. The van der Waals surface area contributed by atoms with E-state index in [2.05, 4.69) is 40.3 Å². The van der Waals surface area contributed by atoms with Gasteiger partial charge in [0.1, 0.15) is 73.2 Å². The first-order valence-electron chi connectivity index (χ1n) is 22.3. The van der Waals surface area contributed by atoms with E-state index in [0.29, 0.717) is 19.3 Å². The number of hydrogen-bond acceptors (Lipinski definition) is 18. The summed E-state index contributed by atoms with van der Waals surface area (Å²) >= 11 is 0. The van der Waals surface area contributed by atoms with Gasteiger partial charge in [-0.1, -0.05) is 38.5 Å². The van der Waals surface area contributed by atoms with Gasteiger partial charge in [-0.3, -0.25) is 0 Å². The molecule has 4 aliphatic heterocycles. The number of fused-ring (bicyclic) bond motifs is 1. The molecule has 5 fully saturated rings. The van der Waals surface area contributed by atoms with Crippen LogP contribution in [-0.4, -0.2) is 186 Å². The van der Waals surface area contributed by atoms with Crippen LogP contribution in [0.25, 0.3) is 0 Å². The van der Waals surface area contributed by atoms with E-state index in [1.165, 1.54) is 13.8 Å². The lowest BCUT2D eigenvalue weighted by atomic mass is 9.45. The summed E-state index contributed by atoms with van der Waals surface area (Å²) in [7, 11) is 0. The molecule has 4 heterocycles. The highest BCUT2D eigenvalue weighted by Gasteiger charge is 2.61. The topological polar surface area (TPSA) is 276 Å². The molecule has 0 aromatic rings. The van der Waals surface area contributed by atoms with Crippen LogP contribution < -0.4 is 0 Å². The quantitative estimate of drug-likeness (QED) is 0.114. The van der Waals surface area contributed by atoms with Crippen molar-refractivity contribution in [2.24, 2.45) is 22.7 Å². The Balaban J connectivity index is 1.26. The van der Waals surface area contributed by atoms with Crippen molar-refractivity contribution >= 4 is 0 Å². The van der Waals surface area contributed by atoms with Gasteiger partial charge in [0.05, 0.1) is 36.1 Å². The third-order valence-electron chi connectivity index (χ3n) is 15.7. The van der Waals surface area contributed by atoms with Crippen molar-refractivity contribution in [3.8, 4) is 0 Å². The molecule has 6 aliphatic rings. The van der Waals surface area contributed by atoms with Crippen LogP contribution in [0.3, 0.4) is 0 Å². The molecule has 0 aromatic carbocycles. The van der Waals surface area contributed by atoms with E-state index in [0.717, 1.165) is 18.4 Å². The monoisotopic (exact) mass is 890 g/mol. The van der Waals surface area contributed by atoms with Crippen molar-refractivity contribution < 1.29 is 89.0 Å². The van der Waals surface area contributed by atoms with Crippen LogP contribution in [0.15, 0.2) is 24.3 Å². The van der Waals surface area contributed by atoms with Crippen LogP contribution in [0.4, 0.5) is 0 Å². The molecule has 1 saturated carbocycles. The Bertz CT molecular complexity index is 1550. The minimum Gasteiger partial charge on any atom is -0.388 e.